The molecule has 0 aromatic heterocycles. The Morgan fingerprint density at radius 1 is 1.24 bits per heavy atom. The van der Waals surface area contributed by atoms with Crippen molar-refractivity contribution in [2.45, 2.75) is 52.5 Å². The summed E-state index contributed by atoms with van der Waals surface area (Å²) in [6.07, 6.45) is 3.10. The van der Waals surface area contributed by atoms with Crippen molar-refractivity contribution in [2.75, 3.05) is 0 Å². The normalized spacial score (nSPS) is 26.6. The number of rotatable bonds is 4. The number of hydrogen-bond acceptors (Lipinski definition) is 2. The van der Waals surface area contributed by atoms with Gasteiger partial charge in [0.1, 0.15) is 0 Å². The lowest BCUT2D eigenvalue weighted by Crippen LogP contribution is -2.43. The van der Waals surface area contributed by atoms with E-state index < -0.39 is 5.97 Å². The Kier molecular flexibility index (Phi) is 4.97. The van der Waals surface area contributed by atoms with Gasteiger partial charge in [-0.2, -0.15) is 0 Å². The molecule has 0 aliphatic heterocycles. The lowest BCUT2D eigenvalue weighted by Gasteiger charge is -2.29. The fourth-order valence-corrected chi connectivity index (χ4v) is 2.18. The highest BCUT2D eigenvalue weighted by Crippen LogP contribution is 2.25. The SMILES string of the molecule is CC(C)C(C)C(=O)NC1CCCC(C(=O)O)C1. The van der Waals surface area contributed by atoms with E-state index in [0.717, 1.165) is 19.3 Å². The van der Waals surface area contributed by atoms with Crippen LogP contribution in [0.25, 0.3) is 0 Å². The van der Waals surface area contributed by atoms with Gasteiger partial charge < -0.3 is 10.4 Å². The van der Waals surface area contributed by atoms with E-state index in [4.69, 9.17) is 5.11 Å². The molecule has 0 saturated heterocycles. The molecule has 0 heterocycles. The minimum atomic E-state index is -0.735. The average molecular weight is 241 g/mol. The summed E-state index contributed by atoms with van der Waals surface area (Å²) in [4.78, 5) is 22.8. The van der Waals surface area contributed by atoms with Gasteiger partial charge in [-0.1, -0.05) is 27.2 Å². The minimum absolute atomic E-state index is 0.0137. The first-order chi connectivity index (χ1) is 7.91. The molecule has 4 heteroatoms. The molecule has 1 amide bonds. The molecule has 1 aliphatic rings. The smallest absolute Gasteiger partial charge is 0.306 e. The number of carboxylic acids is 1. The summed E-state index contributed by atoms with van der Waals surface area (Å²) in [7, 11) is 0. The minimum Gasteiger partial charge on any atom is -0.481 e. The topological polar surface area (TPSA) is 66.4 Å². The molecule has 0 aromatic carbocycles. The lowest BCUT2D eigenvalue weighted by molar-refractivity contribution is -0.143. The Balaban J connectivity index is 2.46. The molecule has 0 radical (unpaired) electrons. The zero-order valence-electron chi connectivity index (χ0n) is 10.9. The van der Waals surface area contributed by atoms with Gasteiger partial charge in [0.25, 0.3) is 0 Å². The van der Waals surface area contributed by atoms with Crippen LogP contribution in [0.5, 0.6) is 0 Å². The number of carbonyl (C=O) groups excluding carboxylic acids is 1. The van der Waals surface area contributed by atoms with Crippen LogP contribution < -0.4 is 5.32 Å². The maximum atomic E-state index is 11.9. The highest BCUT2D eigenvalue weighted by Gasteiger charge is 2.29. The maximum absolute atomic E-state index is 11.9. The van der Waals surface area contributed by atoms with Gasteiger partial charge in [0.2, 0.25) is 5.91 Å². The Morgan fingerprint density at radius 3 is 2.41 bits per heavy atom. The van der Waals surface area contributed by atoms with Crippen LogP contribution in [0, 0.1) is 17.8 Å². The predicted octanol–water partition coefficient (Wildman–Crippen LogP) is 2.04. The van der Waals surface area contributed by atoms with Crippen LogP contribution in [0.3, 0.4) is 0 Å². The third kappa shape index (κ3) is 4.02. The highest BCUT2D eigenvalue weighted by atomic mass is 16.4. The largest absolute Gasteiger partial charge is 0.481 e. The first-order valence-electron chi connectivity index (χ1n) is 6.45. The van der Waals surface area contributed by atoms with Crippen LogP contribution in [0.2, 0.25) is 0 Å². The van der Waals surface area contributed by atoms with Crippen molar-refractivity contribution in [3.63, 3.8) is 0 Å². The van der Waals surface area contributed by atoms with E-state index >= 15 is 0 Å². The summed E-state index contributed by atoms with van der Waals surface area (Å²) in [5.41, 5.74) is 0. The van der Waals surface area contributed by atoms with E-state index in [9.17, 15) is 9.59 Å². The van der Waals surface area contributed by atoms with Crippen LogP contribution in [-0.4, -0.2) is 23.0 Å². The number of amides is 1. The van der Waals surface area contributed by atoms with Crippen molar-refractivity contribution in [1.82, 2.24) is 5.32 Å². The van der Waals surface area contributed by atoms with Crippen molar-refractivity contribution in [1.29, 1.82) is 0 Å². The summed E-state index contributed by atoms with van der Waals surface area (Å²) in [5, 5.41) is 12.0. The summed E-state index contributed by atoms with van der Waals surface area (Å²) in [6, 6.07) is 0.0403. The molecule has 1 saturated carbocycles. The number of aliphatic carboxylic acids is 1. The maximum Gasteiger partial charge on any atom is 0.306 e. The van der Waals surface area contributed by atoms with Crippen LogP contribution in [-0.2, 0) is 9.59 Å². The van der Waals surface area contributed by atoms with Gasteiger partial charge in [0.05, 0.1) is 5.92 Å². The zero-order valence-corrected chi connectivity index (χ0v) is 10.9. The van der Waals surface area contributed by atoms with Gasteiger partial charge >= 0.3 is 5.97 Å². The molecule has 98 valence electrons. The van der Waals surface area contributed by atoms with Crippen molar-refractivity contribution in [2.24, 2.45) is 17.8 Å². The van der Waals surface area contributed by atoms with Gasteiger partial charge in [0, 0.05) is 12.0 Å². The fraction of sp³-hybridized carbons (Fsp3) is 0.846. The lowest BCUT2D eigenvalue weighted by atomic mass is 9.85. The Bertz CT molecular complexity index is 288. The van der Waals surface area contributed by atoms with Crippen molar-refractivity contribution in [3.05, 3.63) is 0 Å². The molecule has 3 unspecified atom stereocenters. The van der Waals surface area contributed by atoms with E-state index in [1.807, 2.05) is 20.8 Å². The van der Waals surface area contributed by atoms with Gasteiger partial charge in [-0.25, -0.2) is 0 Å². The average Bonchev–Trinajstić information content (AvgIpc) is 2.28. The van der Waals surface area contributed by atoms with Crippen molar-refractivity contribution in [3.8, 4) is 0 Å². The quantitative estimate of drug-likeness (QED) is 0.791. The third-order valence-corrected chi connectivity index (χ3v) is 3.78. The number of carboxylic acid groups (broad SMARTS) is 1. The monoisotopic (exact) mass is 241 g/mol. The molecule has 1 fully saturated rings. The van der Waals surface area contributed by atoms with E-state index in [-0.39, 0.29) is 23.8 Å². The molecule has 0 spiro atoms. The van der Waals surface area contributed by atoms with Gasteiger partial charge in [0.15, 0.2) is 0 Å². The predicted molar refractivity (Wildman–Crippen MR) is 65.5 cm³/mol. The van der Waals surface area contributed by atoms with Crippen LogP contribution in [0.1, 0.15) is 46.5 Å². The second kappa shape index (κ2) is 6.03. The molecule has 0 aromatic rings. The summed E-state index contributed by atoms with van der Waals surface area (Å²) >= 11 is 0. The molecular formula is C13H23NO3. The zero-order chi connectivity index (χ0) is 13.0. The second-order valence-corrected chi connectivity index (χ2v) is 5.44. The van der Waals surface area contributed by atoms with E-state index in [0.29, 0.717) is 12.3 Å². The highest BCUT2D eigenvalue weighted by molar-refractivity contribution is 5.79. The summed E-state index contributed by atoms with van der Waals surface area (Å²) in [5.74, 6) is -0.672. The fourth-order valence-electron chi connectivity index (χ4n) is 2.18. The van der Waals surface area contributed by atoms with Gasteiger partial charge in [-0.15, -0.1) is 0 Å². The van der Waals surface area contributed by atoms with E-state index in [1.54, 1.807) is 0 Å². The Hall–Kier alpha value is -1.06. The first-order valence-corrected chi connectivity index (χ1v) is 6.45. The van der Waals surface area contributed by atoms with Crippen molar-refractivity contribution >= 4 is 11.9 Å². The third-order valence-electron chi connectivity index (χ3n) is 3.78. The second-order valence-electron chi connectivity index (χ2n) is 5.44. The molecule has 3 atom stereocenters. The van der Waals surface area contributed by atoms with E-state index in [2.05, 4.69) is 5.32 Å². The Morgan fingerprint density at radius 2 is 1.88 bits per heavy atom. The Labute approximate surface area is 103 Å². The van der Waals surface area contributed by atoms with Crippen LogP contribution in [0.4, 0.5) is 0 Å². The number of hydrogen-bond donors (Lipinski definition) is 2. The van der Waals surface area contributed by atoms with Crippen LogP contribution >= 0.6 is 0 Å². The molecule has 1 rings (SSSR count). The summed E-state index contributed by atoms with van der Waals surface area (Å²) < 4.78 is 0. The number of nitrogens with one attached hydrogen (secondary N) is 1. The standard InChI is InChI=1S/C13H23NO3/c1-8(2)9(3)12(15)14-11-6-4-5-10(7-11)13(16)17/h8-11H,4-7H2,1-3H3,(H,14,15)(H,16,17). The van der Waals surface area contributed by atoms with Gasteiger partial charge in [-0.3, -0.25) is 9.59 Å². The molecular weight excluding hydrogens is 218 g/mol. The molecule has 0 bridgehead atoms. The van der Waals surface area contributed by atoms with E-state index in [1.165, 1.54) is 0 Å². The summed E-state index contributed by atoms with van der Waals surface area (Å²) in [6.45, 7) is 5.95. The molecule has 17 heavy (non-hydrogen) atoms. The van der Waals surface area contributed by atoms with Gasteiger partial charge in [-0.05, 0) is 25.2 Å². The van der Waals surface area contributed by atoms with Crippen LogP contribution in [0.15, 0.2) is 0 Å². The number of carbonyl (C=O) groups is 2. The van der Waals surface area contributed by atoms with Crippen molar-refractivity contribution < 1.29 is 14.7 Å². The molecule has 4 nitrogen and oxygen atoms in total. The first kappa shape index (κ1) is 14.0. The molecule has 2 N–H and O–H groups in total. The molecule has 1 aliphatic carbocycles.